The summed E-state index contributed by atoms with van der Waals surface area (Å²) in [5, 5.41) is 3.24. The number of hydrogen-bond donors (Lipinski definition) is 1. The molecule has 0 radical (unpaired) electrons. The molecule has 0 bridgehead atoms. The van der Waals surface area contributed by atoms with Crippen molar-refractivity contribution in [3.05, 3.63) is 0 Å². The summed E-state index contributed by atoms with van der Waals surface area (Å²) in [5.74, 6) is 1.04. The zero-order valence-corrected chi connectivity index (χ0v) is 12.7. The molecule has 1 N–H and O–H groups in total. The summed E-state index contributed by atoms with van der Waals surface area (Å²) in [6.07, 6.45) is 7.30. The van der Waals surface area contributed by atoms with Crippen molar-refractivity contribution in [1.29, 1.82) is 0 Å². The molecule has 104 valence electrons. The number of nitrogens with one attached hydrogen (secondary N) is 1. The van der Waals surface area contributed by atoms with Crippen molar-refractivity contribution < 1.29 is 9.59 Å². The third-order valence-electron chi connectivity index (χ3n) is 2.94. The Balaban J connectivity index is 1.97. The minimum Gasteiger partial charge on any atom is -0.296 e. The first-order chi connectivity index (χ1) is 8.72. The van der Waals surface area contributed by atoms with Gasteiger partial charge in [-0.15, -0.1) is 0 Å². The summed E-state index contributed by atoms with van der Waals surface area (Å²) in [5.41, 5.74) is 0. The fraction of sp³-hybridized carbons (Fsp3) is 0.846. The van der Waals surface area contributed by atoms with E-state index in [1.807, 2.05) is 28.5 Å². The van der Waals surface area contributed by atoms with Gasteiger partial charge in [-0.25, -0.2) is 0 Å². The van der Waals surface area contributed by atoms with Gasteiger partial charge in [0.05, 0.1) is 0 Å². The average Bonchev–Trinajstić information content (AvgIpc) is 2.85. The Morgan fingerprint density at radius 3 is 2.50 bits per heavy atom. The van der Waals surface area contributed by atoms with E-state index in [4.69, 9.17) is 0 Å². The Morgan fingerprint density at radius 2 is 1.89 bits per heavy atom. The molecular weight excluding hydrogens is 266 g/mol. The number of rotatable bonds is 8. The largest absolute Gasteiger partial charge is 0.296 e. The van der Waals surface area contributed by atoms with Crippen LogP contribution >= 0.6 is 21.6 Å². The van der Waals surface area contributed by atoms with Crippen LogP contribution in [0.1, 0.15) is 58.3 Å². The molecule has 1 unspecified atom stereocenters. The Bertz CT molecular complexity index is 266. The molecule has 1 atom stereocenters. The van der Waals surface area contributed by atoms with Crippen molar-refractivity contribution in [1.82, 2.24) is 5.32 Å². The molecule has 3 nitrogen and oxygen atoms in total. The van der Waals surface area contributed by atoms with E-state index in [0.717, 1.165) is 30.9 Å². The molecule has 1 aliphatic heterocycles. The van der Waals surface area contributed by atoms with Crippen molar-refractivity contribution in [2.75, 3.05) is 5.75 Å². The van der Waals surface area contributed by atoms with Crippen LogP contribution in [0.3, 0.4) is 0 Å². The molecule has 2 amide bonds. The molecule has 1 fully saturated rings. The van der Waals surface area contributed by atoms with E-state index >= 15 is 0 Å². The summed E-state index contributed by atoms with van der Waals surface area (Å²) >= 11 is 0. The highest BCUT2D eigenvalue weighted by Gasteiger charge is 2.16. The molecule has 1 aliphatic rings. The van der Waals surface area contributed by atoms with Crippen LogP contribution in [0.4, 0.5) is 0 Å². The average molecular weight is 289 g/mol. The quantitative estimate of drug-likeness (QED) is 0.548. The normalized spacial score (nSPS) is 18.8. The van der Waals surface area contributed by atoms with Gasteiger partial charge in [0, 0.05) is 23.8 Å². The molecule has 18 heavy (non-hydrogen) atoms. The summed E-state index contributed by atoms with van der Waals surface area (Å²) in [7, 11) is 3.94. The van der Waals surface area contributed by atoms with Crippen LogP contribution in [-0.2, 0) is 9.59 Å². The van der Waals surface area contributed by atoms with Crippen molar-refractivity contribution in [3.63, 3.8) is 0 Å². The Morgan fingerprint density at radius 1 is 1.17 bits per heavy atom. The number of hydrogen-bond acceptors (Lipinski definition) is 4. The van der Waals surface area contributed by atoms with Crippen LogP contribution in [0.15, 0.2) is 0 Å². The maximum Gasteiger partial charge on any atom is 0.226 e. The molecular formula is C13H23NO2S2. The predicted molar refractivity (Wildman–Crippen MR) is 79.6 cm³/mol. The van der Waals surface area contributed by atoms with Crippen LogP contribution in [-0.4, -0.2) is 22.8 Å². The topological polar surface area (TPSA) is 46.2 Å². The van der Waals surface area contributed by atoms with Gasteiger partial charge in [0.25, 0.3) is 0 Å². The van der Waals surface area contributed by atoms with Crippen LogP contribution in [0, 0.1) is 0 Å². The second-order valence-corrected chi connectivity index (χ2v) is 7.44. The van der Waals surface area contributed by atoms with E-state index in [2.05, 4.69) is 5.32 Å². The fourth-order valence-corrected chi connectivity index (χ4v) is 4.87. The van der Waals surface area contributed by atoms with E-state index in [0.29, 0.717) is 12.8 Å². The standard InChI is InChI=1S/C13H23NO2S2/c1-2-3-7-12(15)14-13(16)8-5-4-6-11-9-10-17-18-11/h11H,2-10H2,1H3,(H,14,15,16). The molecule has 0 aromatic rings. The van der Waals surface area contributed by atoms with Crippen molar-refractivity contribution in [2.24, 2.45) is 0 Å². The van der Waals surface area contributed by atoms with Crippen molar-refractivity contribution >= 4 is 33.4 Å². The molecule has 1 saturated heterocycles. The molecule has 0 aromatic heterocycles. The number of carbonyl (C=O) groups excluding carboxylic acids is 2. The SMILES string of the molecule is CCCCC(=O)NC(=O)CCCCC1CCSS1. The number of amides is 2. The number of carbonyl (C=O) groups is 2. The van der Waals surface area contributed by atoms with E-state index in [1.54, 1.807) is 0 Å². The molecule has 0 aromatic carbocycles. The summed E-state index contributed by atoms with van der Waals surface area (Å²) in [4.78, 5) is 22.8. The molecule has 1 heterocycles. The van der Waals surface area contributed by atoms with E-state index in [1.165, 1.54) is 18.6 Å². The first-order valence-corrected chi connectivity index (χ1v) is 9.21. The van der Waals surface area contributed by atoms with Crippen molar-refractivity contribution in [3.8, 4) is 0 Å². The van der Waals surface area contributed by atoms with Crippen LogP contribution in [0.5, 0.6) is 0 Å². The van der Waals surface area contributed by atoms with Gasteiger partial charge in [-0.3, -0.25) is 14.9 Å². The van der Waals surface area contributed by atoms with Gasteiger partial charge in [-0.1, -0.05) is 41.4 Å². The Labute approximate surface area is 118 Å². The lowest BCUT2D eigenvalue weighted by molar-refractivity contribution is -0.130. The lowest BCUT2D eigenvalue weighted by Crippen LogP contribution is -2.29. The lowest BCUT2D eigenvalue weighted by Gasteiger charge is -2.07. The van der Waals surface area contributed by atoms with Gasteiger partial charge in [0.2, 0.25) is 11.8 Å². The molecule has 5 heteroatoms. The van der Waals surface area contributed by atoms with Crippen LogP contribution in [0.25, 0.3) is 0 Å². The van der Waals surface area contributed by atoms with Gasteiger partial charge in [0.15, 0.2) is 0 Å². The van der Waals surface area contributed by atoms with Crippen LogP contribution < -0.4 is 5.32 Å². The zero-order chi connectivity index (χ0) is 13.2. The first kappa shape index (κ1) is 15.9. The van der Waals surface area contributed by atoms with Gasteiger partial charge in [-0.2, -0.15) is 0 Å². The highest BCUT2D eigenvalue weighted by Crippen LogP contribution is 2.39. The molecule has 0 saturated carbocycles. The third-order valence-corrected chi connectivity index (χ3v) is 5.95. The summed E-state index contributed by atoms with van der Waals surface area (Å²) in [6, 6.07) is 0. The summed E-state index contributed by atoms with van der Waals surface area (Å²) in [6.45, 7) is 2.04. The fourth-order valence-electron chi connectivity index (χ4n) is 1.84. The zero-order valence-electron chi connectivity index (χ0n) is 11.1. The lowest BCUT2D eigenvalue weighted by atomic mass is 10.1. The Kier molecular flexibility index (Phi) is 8.59. The van der Waals surface area contributed by atoms with E-state index < -0.39 is 0 Å². The Hall–Kier alpha value is -0.160. The minimum atomic E-state index is -0.121. The number of imide groups is 1. The molecule has 1 rings (SSSR count). The smallest absolute Gasteiger partial charge is 0.226 e. The highest BCUT2D eigenvalue weighted by atomic mass is 33.1. The first-order valence-electron chi connectivity index (χ1n) is 6.83. The predicted octanol–water partition coefficient (Wildman–Crippen LogP) is 3.53. The minimum absolute atomic E-state index is 0.107. The third kappa shape index (κ3) is 7.31. The van der Waals surface area contributed by atoms with E-state index in [-0.39, 0.29) is 11.8 Å². The van der Waals surface area contributed by atoms with Crippen molar-refractivity contribution in [2.45, 2.75) is 63.5 Å². The van der Waals surface area contributed by atoms with Gasteiger partial charge in [-0.05, 0) is 25.7 Å². The molecule has 0 spiro atoms. The van der Waals surface area contributed by atoms with Gasteiger partial charge < -0.3 is 0 Å². The monoisotopic (exact) mass is 289 g/mol. The second-order valence-electron chi connectivity index (χ2n) is 4.65. The summed E-state index contributed by atoms with van der Waals surface area (Å²) < 4.78 is 0. The highest BCUT2D eigenvalue weighted by molar-refractivity contribution is 8.77. The van der Waals surface area contributed by atoms with E-state index in [9.17, 15) is 9.59 Å². The van der Waals surface area contributed by atoms with Gasteiger partial charge in [0.1, 0.15) is 0 Å². The maximum absolute atomic E-state index is 11.5. The van der Waals surface area contributed by atoms with Crippen LogP contribution in [0.2, 0.25) is 0 Å². The number of unbranched alkanes of at least 4 members (excludes halogenated alkanes) is 2. The van der Waals surface area contributed by atoms with Gasteiger partial charge >= 0.3 is 0 Å². The second kappa shape index (κ2) is 9.73. The maximum atomic E-state index is 11.5. The molecule has 0 aliphatic carbocycles.